The second-order valence-corrected chi connectivity index (χ2v) is 9.50. The molecule has 1 saturated carbocycles. The third-order valence-corrected chi connectivity index (χ3v) is 7.12. The van der Waals surface area contributed by atoms with Crippen LogP contribution in [0.5, 0.6) is 0 Å². The van der Waals surface area contributed by atoms with Crippen LogP contribution in [0.4, 0.5) is 0 Å². The highest BCUT2D eigenvalue weighted by Gasteiger charge is 2.41. The van der Waals surface area contributed by atoms with Crippen LogP contribution in [0.15, 0.2) is 30.5 Å². The lowest BCUT2D eigenvalue weighted by molar-refractivity contribution is 0.276. The average molecular weight is 426 g/mol. The van der Waals surface area contributed by atoms with E-state index in [0.717, 1.165) is 23.9 Å². The van der Waals surface area contributed by atoms with Gasteiger partial charge in [-0.15, -0.1) is 0 Å². The lowest BCUT2D eigenvalue weighted by Crippen LogP contribution is -2.35. The topological polar surface area (TPSA) is 36.3 Å². The van der Waals surface area contributed by atoms with Gasteiger partial charge in [0.2, 0.25) is 0 Å². The standard InChI is InChI=1S/C24H35N5S/c1-17-16-20(18(2)29(17)19-10-6-5-7-11-19)23-22(21-12-8-9-13-25-21)26-24(30)28(23)15-14-27(3)4/h8-9,12-13,16,19,22-23H,5-7,10-11,14-15H2,1-4H3,(H,26,30)/t22-,23+/m0/s1. The fraction of sp³-hybridized carbons (Fsp3) is 0.583. The van der Waals surface area contributed by atoms with Gasteiger partial charge in [0.05, 0.1) is 17.8 Å². The van der Waals surface area contributed by atoms with Gasteiger partial charge in [-0.1, -0.05) is 25.3 Å². The van der Waals surface area contributed by atoms with Crippen LogP contribution in [0.25, 0.3) is 0 Å². The van der Waals surface area contributed by atoms with Gasteiger partial charge in [-0.05, 0) is 76.8 Å². The smallest absolute Gasteiger partial charge is 0.170 e. The summed E-state index contributed by atoms with van der Waals surface area (Å²) in [6, 6.07) is 9.43. The van der Waals surface area contributed by atoms with Crippen LogP contribution >= 0.6 is 12.2 Å². The Hall–Kier alpha value is -1.92. The molecular formula is C24H35N5S. The molecule has 2 aromatic heterocycles. The molecule has 30 heavy (non-hydrogen) atoms. The highest BCUT2D eigenvalue weighted by Crippen LogP contribution is 2.42. The first-order chi connectivity index (χ1) is 14.5. The number of hydrogen-bond acceptors (Lipinski definition) is 3. The van der Waals surface area contributed by atoms with E-state index in [1.807, 2.05) is 12.3 Å². The van der Waals surface area contributed by atoms with Crippen LogP contribution < -0.4 is 5.32 Å². The summed E-state index contributed by atoms with van der Waals surface area (Å²) in [5.74, 6) is 0. The van der Waals surface area contributed by atoms with E-state index in [4.69, 9.17) is 12.2 Å². The minimum absolute atomic E-state index is 0.0705. The van der Waals surface area contributed by atoms with Gasteiger partial charge in [0, 0.05) is 36.7 Å². The Kier molecular flexibility index (Phi) is 6.44. The van der Waals surface area contributed by atoms with Gasteiger partial charge < -0.3 is 19.7 Å². The minimum atomic E-state index is 0.0705. The molecule has 1 N–H and O–H groups in total. The van der Waals surface area contributed by atoms with Gasteiger partial charge in [0.15, 0.2) is 5.11 Å². The highest BCUT2D eigenvalue weighted by molar-refractivity contribution is 7.80. The van der Waals surface area contributed by atoms with Crippen molar-refractivity contribution in [3.05, 3.63) is 53.1 Å². The summed E-state index contributed by atoms with van der Waals surface area (Å²) in [6.45, 7) is 6.44. The molecule has 1 saturated heterocycles. The fourth-order valence-electron chi connectivity index (χ4n) is 5.30. The summed E-state index contributed by atoms with van der Waals surface area (Å²) in [7, 11) is 4.24. The van der Waals surface area contributed by atoms with Crippen molar-refractivity contribution in [3.8, 4) is 0 Å². The first-order valence-corrected chi connectivity index (χ1v) is 11.7. The summed E-state index contributed by atoms with van der Waals surface area (Å²) in [6.07, 6.45) is 8.54. The van der Waals surface area contributed by atoms with E-state index in [-0.39, 0.29) is 12.1 Å². The third-order valence-electron chi connectivity index (χ3n) is 6.77. The predicted molar refractivity (Wildman–Crippen MR) is 127 cm³/mol. The Balaban J connectivity index is 1.74. The molecule has 6 heteroatoms. The molecule has 2 fully saturated rings. The van der Waals surface area contributed by atoms with Crippen molar-refractivity contribution in [2.75, 3.05) is 27.2 Å². The number of thiocarbonyl (C=S) groups is 1. The molecule has 0 bridgehead atoms. The molecule has 5 nitrogen and oxygen atoms in total. The van der Waals surface area contributed by atoms with Gasteiger partial charge in [0.1, 0.15) is 0 Å². The Labute approximate surface area is 186 Å². The largest absolute Gasteiger partial charge is 0.352 e. The van der Waals surface area contributed by atoms with Gasteiger partial charge >= 0.3 is 0 Å². The van der Waals surface area contributed by atoms with Crippen LogP contribution in [0.1, 0.15) is 72.9 Å². The predicted octanol–water partition coefficient (Wildman–Crippen LogP) is 4.54. The molecule has 2 aromatic rings. The lowest BCUT2D eigenvalue weighted by atomic mass is 9.94. The molecule has 4 rings (SSSR count). The van der Waals surface area contributed by atoms with E-state index in [1.165, 1.54) is 49.1 Å². The van der Waals surface area contributed by atoms with Gasteiger partial charge in [-0.25, -0.2) is 0 Å². The van der Waals surface area contributed by atoms with E-state index in [2.05, 4.69) is 70.8 Å². The maximum Gasteiger partial charge on any atom is 0.170 e. The SMILES string of the molecule is Cc1cc([C@@H]2[C@H](c3ccccn3)NC(=S)N2CCN(C)C)c(C)n1C1CCCCC1. The number of aryl methyl sites for hydroxylation is 1. The van der Waals surface area contributed by atoms with Crippen molar-refractivity contribution in [1.29, 1.82) is 0 Å². The molecule has 1 aliphatic carbocycles. The maximum atomic E-state index is 5.82. The molecule has 0 spiro atoms. The normalized spacial score (nSPS) is 22.7. The Morgan fingerprint density at radius 2 is 1.93 bits per heavy atom. The van der Waals surface area contributed by atoms with Gasteiger partial charge in [-0.3, -0.25) is 4.98 Å². The molecule has 2 atom stereocenters. The molecule has 0 amide bonds. The van der Waals surface area contributed by atoms with Crippen molar-refractivity contribution >= 4 is 17.3 Å². The van der Waals surface area contributed by atoms with Crippen molar-refractivity contribution in [2.24, 2.45) is 0 Å². The molecule has 0 unspecified atom stereocenters. The molecule has 2 aliphatic rings. The van der Waals surface area contributed by atoms with E-state index in [0.29, 0.717) is 6.04 Å². The first kappa shape index (κ1) is 21.3. The zero-order chi connectivity index (χ0) is 21.3. The van der Waals surface area contributed by atoms with E-state index >= 15 is 0 Å². The number of likely N-dealkylation sites (N-methyl/N-ethyl adjacent to an activating group) is 1. The quantitative estimate of drug-likeness (QED) is 0.688. The van der Waals surface area contributed by atoms with Crippen LogP contribution in [0, 0.1) is 13.8 Å². The summed E-state index contributed by atoms with van der Waals surface area (Å²) in [5, 5.41) is 4.43. The van der Waals surface area contributed by atoms with E-state index in [9.17, 15) is 0 Å². The fourth-order valence-corrected chi connectivity index (χ4v) is 5.63. The Bertz CT molecular complexity index is 869. The average Bonchev–Trinajstić information content (AvgIpc) is 3.22. The Morgan fingerprint density at radius 3 is 2.60 bits per heavy atom. The summed E-state index contributed by atoms with van der Waals surface area (Å²) in [5.41, 5.74) is 5.21. The second kappa shape index (κ2) is 9.06. The highest BCUT2D eigenvalue weighted by atomic mass is 32.1. The van der Waals surface area contributed by atoms with Crippen LogP contribution in [-0.4, -0.2) is 51.6 Å². The molecule has 1 aliphatic heterocycles. The van der Waals surface area contributed by atoms with Crippen molar-refractivity contribution in [1.82, 2.24) is 24.7 Å². The number of rotatable bonds is 6. The Morgan fingerprint density at radius 1 is 1.17 bits per heavy atom. The molecule has 0 aromatic carbocycles. The number of nitrogens with one attached hydrogen (secondary N) is 1. The number of nitrogens with zero attached hydrogens (tertiary/aromatic N) is 4. The van der Waals surface area contributed by atoms with Crippen molar-refractivity contribution in [2.45, 2.75) is 64.1 Å². The van der Waals surface area contributed by atoms with Gasteiger partial charge in [-0.2, -0.15) is 0 Å². The molecule has 3 heterocycles. The zero-order valence-electron chi connectivity index (χ0n) is 18.8. The molecule has 162 valence electrons. The molecular weight excluding hydrogens is 390 g/mol. The molecule has 0 radical (unpaired) electrons. The van der Waals surface area contributed by atoms with Gasteiger partial charge in [0.25, 0.3) is 0 Å². The summed E-state index contributed by atoms with van der Waals surface area (Å²) >= 11 is 5.82. The van der Waals surface area contributed by atoms with Crippen molar-refractivity contribution < 1.29 is 0 Å². The van der Waals surface area contributed by atoms with E-state index < -0.39 is 0 Å². The van der Waals surface area contributed by atoms with E-state index in [1.54, 1.807) is 0 Å². The summed E-state index contributed by atoms with van der Waals surface area (Å²) < 4.78 is 2.61. The van der Waals surface area contributed by atoms with Crippen LogP contribution in [0.2, 0.25) is 0 Å². The number of pyridine rings is 1. The lowest BCUT2D eigenvalue weighted by Gasteiger charge is -2.30. The number of hydrogen-bond donors (Lipinski definition) is 1. The monoisotopic (exact) mass is 425 g/mol. The third kappa shape index (κ3) is 4.12. The van der Waals surface area contributed by atoms with Crippen LogP contribution in [-0.2, 0) is 0 Å². The van der Waals surface area contributed by atoms with Crippen LogP contribution in [0.3, 0.4) is 0 Å². The maximum absolute atomic E-state index is 5.82. The van der Waals surface area contributed by atoms with Crippen molar-refractivity contribution in [3.63, 3.8) is 0 Å². The zero-order valence-corrected chi connectivity index (χ0v) is 19.6. The first-order valence-electron chi connectivity index (χ1n) is 11.3. The second-order valence-electron chi connectivity index (χ2n) is 9.11. The summed E-state index contributed by atoms with van der Waals surface area (Å²) in [4.78, 5) is 9.28. The minimum Gasteiger partial charge on any atom is -0.352 e. The number of aromatic nitrogens is 2.